The zero-order chi connectivity index (χ0) is 13.7. The highest BCUT2D eigenvalue weighted by atomic mass is 16.1. The van der Waals surface area contributed by atoms with Gasteiger partial charge in [0.05, 0.1) is 0 Å². The lowest BCUT2D eigenvalue weighted by atomic mass is 10.0. The summed E-state index contributed by atoms with van der Waals surface area (Å²) in [7, 11) is 0. The lowest BCUT2D eigenvalue weighted by Crippen LogP contribution is -2.28. The quantitative estimate of drug-likeness (QED) is 0.609. The number of hydrogen-bond donors (Lipinski definition) is 2. The van der Waals surface area contributed by atoms with Crippen LogP contribution in [0.5, 0.6) is 0 Å². The molecule has 1 aliphatic rings. The van der Waals surface area contributed by atoms with Crippen LogP contribution in [0.25, 0.3) is 6.08 Å². The monoisotopic (exact) mass is 258 g/mol. The maximum absolute atomic E-state index is 11.7. The molecule has 1 aliphatic carbocycles. The number of anilines is 1. The van der Waals surface area contributed by atoms with Crippen molar-refractivity contribution in [2.75, 3.05) is 12.3 Å². The van der Waals surface area contributed by atoms with Gasteiger partial charge in [-0.1, -0.05) is 25.5 Å². The predicted molar refractivity (Wildman–Crippen MR) is 79.5 cm³/mol. The van der Waals surface area contributed by atoms with E-state index in [9.17, 15) is 4.79 Å². The van der Waals surface area contributed by atoms with Crippen molar-refractivity contribution in [3.8, 4) is 0 Å². The van der Waals surface area contributed by atoms with Crippen molar-refractivity contribution in [3.63, 3.8) is 0 Å². The standard InChI is InChI=1S/C16H22N2O/c1-2-9-16(10-11-16)12-18-15(19)8-5-13-3-6-14(17)7-4-13/h3-8H,2,9-12,17H2,1H3,(H,18,19)/b8-5+. The Bertz CT molecular complexity index is 458. The minimum atomic E-state index is -0.0146. The number of benzene rings is 1. The van der Waals surface area contributed by atoms with Crippen LogP contribution < -0.4 is 11.1 Å². The molecule has 0 aromatic heterocycles. The zero-order valence-electron chi connectivity index (χ0n) is 11.5. The van der Waals surface area contributed by atoms with Gasteiger partial charge in [-0.25, -0.2) is 0 Å². The molecule has 1 aromatic rings. The second-order valence-corrected chi connectivity index (χ2v) is 5.47. The van der Waals surface area contributed by atoms with Gasteiger partial charge in [0.2, 0.25) is 5.91 Å². The number of carbonyl (C=O) groups is 1. The van der Waals surface area contributed by atoms with E-state index >= 15 is 0 Å². The van der Waals surface area contributed by atoms with Crippen LogP contribution in [0.1, 0.15) is 38.2 Å². The van der Waals surface area contributed by atoms with Gasteiger partial charge in [-0.15, -0.1) is 0 Å². The number of nitrogens with one attached hydrogen (secondary N) is 1. The van der Waals surface area contributed by atoms with Gasteiger partial charge in [-0.05, 0) is 48.4 Å². The van der Waals surface area contributed by atoms with E-state index in [1.165, 1.54) is 25.7 Å². The maximum Gasteiger partial charge on any atom is 0.244 e. The molecule has 0 atom stereocenters. The number of nitrogen functional groups attached to an aromatic ring is 1. The largest absolute Gasteiger partial charge is 0.399 e. The van der Waals surface area contributed by atoms with Crippen LogP contribution in [0.4, 0.5) is 5.69 Å². The molecule has 0 aliphatic heterocycles. The average Bonchev–Trinajstić information content (AvgIpc) is 3.17. The van der Waals surface area contributed by atoms with E-state index in [4.69, 9.17) is 5.73 Å². The SMILES string of the molecule is CCCC1(CNC(=O)/C=C/c2ccc(N)cc2)CC1. The molecule has 0 heterocycles. The Labute approximate surface area is 114 Å². The average molecular weight is 258 g/mol. The van der Waals surface area contributed by atoms with E-state index in [1.54, 1.807) is 6.08 Å². The normalized spacial score (nSPS) is 16.5. The summed E-state index contributed by atoms with van der Waals surface area (Å²) in [6.45, 7) is 3.01. The molecule has 0 spiro atoms. The Balaban J connectivity index is 1.79. The van der Waals surface area contributed by atoms with Crippen LogP contribution in [0.2, 0.25) is 0 Å². The molecular formula is C16H22N2O. The Kier molecular flexibility index (Phi) is 4.25. The van der Waals surface area contributed by atoms with Crippen molar-refractivity contribution in [1.29, 1.82) is 0 Å². The van der Waals surface area contributed by atoms with Gasteiger partial charge in [0.1, 0.15) is 0 Å². The molecule has 1 fully saturated rings. The third kappa shape index (κ3) is 4.12. The van der Waals surface area contributed by atoms with E-state index < -0.39 is 0 Å². The first-order valence-electron chi connectivity index (χ1n) is 6.95. The molecule has 102 valence electrons. The van der Waals surface area contributed by atoms with Gasteiger partial charge >= 0.3 is 0 Å². The minimum absolute atomic E-state index is 0.0146. The Morgan fingerprint density at radius 1 is 1.37 bits per heavy atom. The highest BCUT2D eigenvalue weighted by molar-refractivity contribution is 5.91. The first-order chi connectivity index (χ1) is 9.13. The Morgan fingerprint density at radius 2 is 2.05 bits per heavy atom. The molecule has 0 saturated heterocycles. The number of hydrogen-bond acceptors (Lipinski definition) is 2. The molecule has 0 unspecified atom stereocenters. The third-order valence-corrected chi connectivity index (χ3v) is 3.74. The molecule has 3 nitrogen and oxygen atoms in total. The van der Waals surface area contributed by atoms with Crippen LogP contribution in [0, 0.1) is 5.41 Å². The van der Waals surface area contributed by atoms with E-state index in [2.05, 4.69) is 12.2 Å². The van der Waals surface area contributed by atoms with Gasteiger partial charge in [-0.3, -0.25) is 4.79 Å². The van der Waals surface area contributed by atoms with Crippen molar-refractivity contribution < 1.29 is 4.79 Å². The predicted octanol–water partition coefficient (Wildman–Crippen LogP) is 2.98. The fraction of sp³-hybridized carbons (Fsp3) is 0.438. The number of carbonyl (C=O) groups excluding carboxylic acids is 1. The molecule has 1 aromatic carbocycles. The van der Waals surface area contributed by atoms with E-state index in [1.807, 2.05) is 30.3 Å². The fourth-order valence-corrected chi connectivity index (χ4v) is 2.33. The molecule has 0 radical (unpaired) electrons. The lowest BCUT2D eigenvalue weighted by Gasteiger charge is -2.13. The van der Waals surface area contributed by atoms with Crippen LogP contribution in [-0.4, -0.2) is 12.5 Å². The Hall–Kier alpha value is -1.77. The van der Waals surface area contributed by atoms with Crippen molar-refractivity contribution in [3.05, 3.63) is 35.9 Å². The second-order valence-electron chi connectivity index (χ2n) is 5.47. The summed E-state index contributed by atoms with van der Waals surface area (Å²) >= 11 is 0. The number of amides is 1. The van der Waals surface area contributed by atoms with Crippen LogP contribution >= 0.6 is 0 Å². The molecule has 1 saturated carbocycles. The van der Waals surface area contributed by atoms with Crippen molar-refractivity contribution in [1.82, 2.24) is 5.32 Å². The van der Waals surface area contributed by atoms with Crippen molar-refractivity contribution in [2.45, 2.75) is 32.6 Å². The summed E-state index contributed by atoms with van der Waals surface area (Å²) in [5.41, 5.74) is 7.73. The summed E-state index contributed by atoms with van der Waals surface area (Å²) in [5.74, 6) is -0.0146. The molecule has 19 heavy (non-hydrogen) atoms. The summed E-state index contributed by atoms with van der Waals surface area (Å²) in [5, 5.41) is 3.00. The molecule has 2 rings (SSSR count). The molecule has 3 N–H and O–H groups in total. The maximum atomic E-state index is 11.7. The van der Waals surface area contributed by atoms with Crippen molar-refractivity contribution >= 4 is 17.7 Å². The lowest BCUT2D eigenvalue weighted by molar-refractivity contribution is -0.116. The summed E-state index contributed by atoms with van der Waals surface area (Å²) in [6, 6.07) is 7.47. The fourth-order valence-electron chi connectivity index (χ4n) is 2.33. The van der Waals surface area contributed by atoms with Gasteiger partial charge in [-0.2, -0.15) is 0 Å². The third-order valence-electron chi connectivity index (χ3n) is 3.74. The van der Waals surface area contributed by atoms with Crippen LogP contribution in [0.3, 0.4) is 0 Å². The van der Waals surface area contributed by atoms with Crippen molar-refractivity contribution in [2.24, 2.45) is 5.41 Å². The first-order valence-corrected chi connectivity index (χ1v) is 6.95. The van der Waals surface area contributed by atoms with Crippen LogP contribution in [-0.2, 0) is 4.79 Å². The number of rotatable bonds is 6. The van der Waals surface area contributed by atoms with Gasteiger partial charge in [0.15, 0.2) is 0 Å². The molecular weight excluding hydrogens is 236 g/mol. The highest BCUT2D eigenvalue weighted by Gasteiger charge is 2.41. The zero-order valence-corrected chi connectivity index (χ0v) is 11.5. The summed E-state index contributed by atoms with van der Waals surface area (Å²) in [6.07, 6.45) is 8.32. The highest BCUT2D eigenvalue weighted by Crippen LogP contribution is 2.48. The molecule has 1 amide bonds. The topological polar surface area (TPSA) is 55.1 Å². The smallest absolute Gasteiger partial charge is 0.244 e. The first kappa shape index (κ1) is 13.7. The van der Waals surface area contributed by atoms with Gasteiger partial charge in [0, 0.05) is 18.3 Å². The summed E-state index contributed by atoms with van der Waals surface area (Å²) in [4.78, 5) is 11.7. The summed E-state index contributed by atoms with van der Waals surface area (Å²) < 4.78 is 0. The molecule has 0 bridgehead atoms. The Morgan fingerprint density at radius 3 is 2.63 bits per heavy atom. The van der Waals surface area contributed by atoms with E-state index in [0.29, 0.717) is 5.41 Å². The van der Waals surface area contributed by atoms with Gasteiger partial charge in [0.25, 0.3) is 0 Å². The molecule has 3 heteroatoms. The minimum Gasteiger partial charge on any atom is -0.399 e. The second kappa shape index (κ2) is 5.91. The van der Waals surface area contributed by atoms with Crippen LogP contribution in [0.15, 0.2) is 30.3 Å². The van der Waals surface area contributed by atoms with E-state index in [-0.39, 0.29) is 5.91 Å². The van der Waals surface area contributed by atoms with Gasteiger partial charge < -0.3 is 11.1 Å². The number of nitrogens with two attached hydrogens (primary N) is 1. The van der Waals surface area contributed by atoms with E-state index in [0.717, 1.165) is 17.8 Å².